The molecule has 0 aliphatic heterocycles. The molecule has 1 aromatic heterocycles. The van der Waals surface area contributed by atoms with E-state index in [0.717, 1.165) is 6.26 Å². The summed E-state index contributed by atoms with van der Waals surface area (Å²) in [5.41, 5.74) is 0. The second-order valence-corrected chi connectivity index (χ2v) is 4.87. The SMILES string of the molecule is O=S(=O)(Nc1ccon1)c1cc(F)c(F)c(F)c1. The molecule has 2 aromatic rings. The second kappa shape index (κ2) is 4.33. The van der Waals surface area contributed by atoms with Gasteiger partial charge in [-0.1, -0.05) is 5.16 Å². The van der Waals surface area contributed by atoms with Gasteiger partial charge in [0.25, 0.3) is 10.0 Å². The maximum absolute atomic E-state index is 12.9. The van der Waals surface area contributed by atoms with E-state index in [0.29, 0.717) is 12.1 Å². The molecule has 0 bridgehead atoms. The van der Waals surface area contributed by atoms with E-state index in [9.17, 15) is 21.6 Å². The van der Waals surface area contributed by atoms with Gasteiger partial charge in [-0.3, -0.25) is 4.72 Å². The lowest BCUT2D eigenvalue weighted by Gasteiger charge is -2.05. The van der Waals surface area contributed by atoms with Crippen molar-refractivity contribution in [2.45, 2.75) is 4.90 Å². The van der Waals surface area contributed by atoms with Crippen LogP contribution in [0.5, 0.6) is 0 Å². The van der Waals surface area contributed by atoms with Gasteiger partial charge in [0.05, 0.1) is 4.90 Å². The minimum Gasteiger partial charge on any atom is -0.363 e. The van der Waals surface area contributed by atoms with Crippen molar-refractivity contribution in [2.75, 3.05) is 4.72 Å². The first-order valence-electron chi connectivity index (χ1n) is 4.48. The first-order valence-corrected chi connectivity index (χ1v) is 5.96. The van der Waals surface area contributed by atoms with Crippen molar-refractivity contribution in [3.05, 3.63) is 41.9 Å². The largest absolute Gasteiger partial charge is 0.363 e. The Morgan fingerprint density at radius 3 is 2.28 bits per heavy atom. The summed E-state index contributed by atoms with van der Waals surface area (Å²) < 4.78 is 68.1. The van der Waals surface area contributed by atoms with Crippen LogP contribution in [0.15, 0.2) is 33.9 Å². The van der Waals surface area contributed by atoms with Gasteiger partial charge >= 0.3 is 0 Å². The zero-order chi connectivity index (χ0) is 13.3. The molecule has 0 spiro atoms. The maximum atomic E-state index is 12.9. The van der Waals surface area contributed by atoms with Gasteiger partial charge < -0.3 is 4.52 Å². The molecule has 9 heteroatoms. The fourth-order valence-electron chi connectivity index (χ4n) is 1.15. The summed E-state index contributed by atoms with van der Waals surface area (Å²) in [6.07, 6.45) is 1.10. The van der Waals surface area contributed by atoms with Crippen molar-refractivity contribution in [3.63, 3.8) is 0 Å². The highest BCUT2D eigenvalue weighted by Crippen LogP contribution is 2.19. The molecule has 0 aliphatic rings. The predicted molar refractivity (Wildman–Crippen MR) is 53.6 cm³/mol. The highest BCUT2D eigenvalue weighted by atomic mass is 32.2. The van der Waals surface area contributed by atoms with Crippen LogP contribution in [0.4, 0.5) is 19.0 Å². The number of rotatable bonds is 3. The smallest absolute Gasteiger partial charge is 0.263 e. The molecule has 0 radical (unpaired) electrons. The van der Waals surface area contributed by atoms with Crippen LogP contribution in [-0.2, 0) is 10.0 Å². The molecule has 0 atom stereocenters. The van der Waals surface area contributed by atoms with Crippen LogP contribution in [0.3, 0.4) is 0 Å². The van der Waals surface area contributed by atoms with Gasteiger partial charge in [0.15, 0.2) is 23.3 Å². The van der Waals surface area contributed by atoms with Gasteiger partial charge in [-0.2, -0.15) is 0 Å². The summed E-state index contributed by atoms with van der Waals surface area (Å²) in [7, 11) is -4.26. The van der Waals surface area contributed by atoms with Crippen molar-refractivity contribution < 1.29 is 26.1 Å². The molecule has 2 rings (SSSR count). The van der Waals surface area contributed by atoms with Crippen LogP contribution >= 0.6 is 0 Å². The van der Waals surface area contributed by atoms with E-state index in [1.165, 1.54) is 6.07 Å². The van der Waals surface area contributed by atoms with Crippen LogP contribution < -0.4 is 4.72 Å². The van der Waals surface area contributed by atoms with Crippen LogP contribution in [-0.4, -0.2) is 13.6 Å². The van der Waals surface area contributed by atoms with Crippen LogP contribution in [0.2, 0.25) is 0 Å². The normalized spacial score (nSPS) is 11.5. The van der Waals surface area contributed by atoms with E-state index >= 15 is 0 Å². The van der Waals surface area contributed by atoms with Crippen LogP contribution in [0, 0.1) is 17.5 Å². The fraction of sp³-hybridized carbons (Fsp3) is 0. The van der Waals surface area contributed by atoms with Crippen molar-refractivity contribution in [2.24, 2.45) is 0 Å². The van der Waals surface area contributed by atoms with Crippen molar-refractivity contribution in [3.8, 4) is 0 Å². The van der Waals surface area contributed by atoms with Gasteiger partial charge in [0, 0.05) is 6.07 Å². The number of aromatic nitrogens is 1. The van der Waals surface area contributed by atoms with E-state index in [2.05, 4.69) is 9.68 Å². The Morgan fingerprint density at radius 2 is 1.78 bits per heavy atom. The summed E-state index contributed by atoms with van der Waals surface area (Å²) in [5.74, 6) is -5.11. The molecule has 0 amide bonds. The van der Waals surface area contributed by atoms with Crippen molar-refractivity contribution in [1.29, 1.82) is 0 Å². The fourth-order valence-corrected chi connectivity index (χ4v) is 2.16. The number of anilines is 1. The first kappa shape index (κ1) is 12.4. The molecule has 0 saturated carbocycles. The Hall–Kier alpha value is -2.03. The molecule has 0 unspecified atom stereocenters. The van der Waals surface area contributed by atoms with Gasteiger partial charge in [0.1, 0.15) is 6.26 Å². The third kappa shape index (κ3) is 2.30. The zero-order valence-corrected chi connectivity index (χ0v) is 9.34. The number of benzene rings is 1. The summed E-state index contributed by atoms with van der Waals surface area (Å²) in [4.78, 5) is -0.762. The number of sulfonamides is 1. The Bertz CT molecular complexity index is 647. The lowest BCUT2D eigenvalue weighted by molar-refractivity contribution is 0.423. The Kier molecular flexibility index (Phi) is 2.99. The van der Waals surface area contributed by atoms with E-state index in [1.807, 2.05) is 4.72 Å². The van der Waals surface area contributed by atoms with Gasteiger partial charge in [0.2, 0.25) is 0 Å². The monoisotopic (exact) mass is 278 g/mol. The third-order valence-electron chi connectivity index (χ3n) is 1.94. The average molecular weight is 278 g/mol. The zero-order valence-electron chi connectivity index (χ0n) is 8.52. The molecule has 0 aliphatic carbocycles. The molecule has 5 nitrogen and oxygen atoms in total. The highest BCUT2D eigenvalue weighted by Gasteiger charge is 2.20. The van der Waals surface area contributed by atoms with Crippen LogP contribution in [0.1, 0.15) is 0 Å². The maximum Gasteiger partial charge on any atom is 0.263 e. The Labute approximate surface area is 99.3 Å². The van der Waals surface area contributed by atoms with E-state index < -0.39 is 32.4 Å². The third-order valence-corrected chi connectivity index (χ3v) is 3.28. The number of nitrogens with one attached hydrogen (secondary N) is 1. The first-order chi connectivity index (χ1) is 8.40. The summed E-state index contributed by atoms with van der Waals surface area (Å²) >= 11 is 0. The quantitative estimate of drug-likeness (QED) is 0.870. The average Bonchev–Trinajstić information content (AvgIpc) is 2.77. The standard InChI is InChI=1S/C9H5F3N2O3S/c10-6-3-5(4-7(11)9(6)12)18(15,16)14-8-1-2-17-13-8/h1-4H,(H,13,14). The van der Waals surface area contributed by atoms with Crippen LogP contribution in [0.25, 0.3) is 0 Å². The Balaban J connectivity index is 2.42. The molecular formula is C9H5F3N2O3S. The molecule has 1 N–H and O–H groups in total. The number of halogens is 3. The van der Waals surface area contributed by atoms with Crippen molar-refractivity contribution in [1.82, 2.24) is 5.16 Å². The molecule has 96 valence electrons. The molecule has 1 aromatic carbocycles. The van der Waals surface area contributed by atoms with Crippen molar-refractivity contribution >= 4 is 15.8 Å². The molecule has 0 fully saturated rings. The highest BCUT2D eigenvalue weighted by molar-refractivity contribution is 7.92. The van der Waals surface area contributed by atoms with Gasteiger partial charge in [-0.25, -0.2) is 21.6 Å². The molecule has 0 saturated heterocycles. The van der Waals surface area contributed by atoms with E-state index in [1.54, 1.807) is 0 Å². The molecule has 1 heterocycles. The summed E-state index contributed by atoms with van der Waals surface area (Å²) in [6, 6.07) is 1.91. The number of hydrogen-bond donors (Lipinski definition) is 1. The molecular weight excluding hydrogens is 273 g/mol. The van der Waals surface area contributed by atoms with Gasteiger partial charge in [-0.05, 0) is 12.1 Å². The topological polar surface area (TPSA) is 72.2 Å². The second-order valence-electron chi connectivity index (χ2n) is 3.19. The van der Waals surface area contributed by atoms with E-state index in [-0.39, 0.29) is 5.82 Å². The number of nitrogens with zero attached hydrogens (tertiary/aromatic N) is 1. The predicted octanol–water partition coefficient (Wildman–Crippen LogP) is 1.89. The lowest BCUT2D eigenvalue weighted by Crippen LogP contribution is -2.14. The minimum absolute atomic E-state index is 0.167. The minimum atomic E-state index is -4.26. The summed E-state index contributed by atoms with van der Waals surface area (Å²) in [6.45, 7) is 0. The molecule has 18 heavy (non-hydrogen) atoms. The Morgan fingerprint density at radius 1 is 1.17 bits per heavy atom. The summed E-state index contributed by atoms with van der Waals surface area (Å²) in [5, 5.41) is 3.26. The lowest BCUT2D eigenvalue weighted by atomic mass is 10.3. The number of hydrogen-bond acceptors (Lipinski definition) is 4. The van der Waals surface area contributed by atoms with Gasteiger partial charge in [-0.15, -0.1) is 0 Å². The van der Waals surface area contributed by atoms with E-state index in [4.69, 9.17) is 0 Å².